The fourth-order valence-electron chi connectivity index (χ4n) is 3.46. The number of aromatic nitrogens is 1. The van der Waals surface area contributed by atoms with E-state index in [9.17, 15) is 4.79 Å². The second kappa shape index (κ2) is 8.86. The van der Waals surface area contributed by atoms with Gasteiger partial charge < -0.3 is 19.9 Å². The lowest BCUT2D eigenvalue weighted by atomic mass is 10.1. The van der Waals surface area contributed by atoms with Gasteiger partial charge in [-0.3, -0.25) is 4.79 Å². The summed E-state index contributed by atoms with van der Waals surface area (Å²) in [5.74, 6) is 1.54. The molecule has 1 fully saturated rings. The summed E-state index contributed by atoms with van der Waals surface area (Å²) in [4.78, 5) is 21.6. The smallest absolute Gasteiger partial charge is 0.255 e. The van der Waals surface area contributed by atoms with E-state index in [2.05, 4.69) is 20.1 Å². The zero-order valence-corrected chi connectivity index (χ0v) is 16.3. The van der Waals surface area contributed by atoms with Crippen molar-refractivity contribution in [2.75, 3.05) is 45.7 Å². The summed E-state index contributed by atoms with van der Waals surface area (Å²) in [6, 6.07) is 11.7. The number of nitrogens with one attached hydrogen (secondary N) is 1. The van der Waals surface area contributed by atoms with Crippen LogP contribution in [0.3, 0.4) is 0 Å². The van der Waals surface area contributed by atoms with Crippen molar-refractivity contribution in [1.29, 1.82) is 0 Å². The van der Waals surface area contributed by atoms with Gasteiger partial charge in [0.05, 0.1) is 18.7 Å². The van der Waals surface area contributed by atoms with Crippen molar-refractivity contribution in [1.82, 2.24) is 15.2 Å². The van der Waals surface area contributed by atoms with Gasteiger partial charge in [-0.1, -0.05) is 12.1 Å². The SMILES string of the molecule is COc1ccc(C(CNC(=O)c2cccnc2N2CCCC2)N(C)C)cc1. The largest absolute Gasteiger partial charge is 0.497 e. The molecule has 1 saturated heterocycles. The zero-order valence-electron chi connectivity index (χ0n) is 16.3. The molecule has 1 aromatic heterocycles. The summed E-state index contributed by atoms with van der Waals surface area (Å²) in [5, 5.41) is 3.09. The van der Waals surface area contributed by atoms with Gasteiger partial charge in [0.1, 0.15) is 11.6 Å². The molecule has 2 heterocycles. The molecule has 2 aromatic rings. The van der Waals surface area contributed by atoms with Crippen LogP contribution in [0.25, 0.3) is 0 Å². The third kappa shape index (κ3) is 4.57. The van der Waals surface area contributed by atoms with Crippen molar-refractivity contribution in [2.24, 2.45) is 0 Å². The van der Waals surface area contributed by atoms with Gasteiger partial charge in [-0.25, -0.2) is 4.98 Å². The van der Waals surface area contributed by atoms with E-state index in [0.717, 1.165) is 43.1 Å². The molecule has 1 atom stereocenters. The van der Waals surface area contributed by atoms with Crippen LogP contribution >= 0.6 is 0 Å². The van der Waals surface area contributed by atoms with E-state index >= 15 is 0 Å². The van der Waals surface area contributed by atoms with Gasteiger partial charge in [0.2, 0.25) is 0 Å². The van der Waals surface area contributed by atoms with Gasteiger partial charge in [-0.15, -0.1) is 0 Å². The number of likely N-dealkylation sites (N-methyl/N-ethyl adjacent to an activating group) is 1. The van der Waals surface area contributed by atoms with Crippen molar-refractivity contribution < 1.29 is 9.53 Å². The maximum absolute atomic E-state index is 12.9. The molecule has 0 bridgehead atoms. The predicted octanol–water partition coefficient (Wildman–Crippen LogP) is 2.72. The van der Waals surface area contributed by atoms with Crippen LogP contribution in [0.2, 0.25) is 0 Å². The number of anilines is 1. The molecule has 0 aliphatic carbocycles. The molecule has 3 rings (SSSR count). The van der Waals surface area contributed by atoms with Crippen molar-refractivity contribution in [3.8, 4) is 5.75 Å². The van der Waals surface area contributed by atoms with E-state index in [-0.39, 0.29) is 11.9 Å². The Morgan fingerprint density at radius 3 is 2.56 bits per heavy atom. The van der Waals surface area contributed by atoms with E-state index in [1.54, 1.807) is 13.3 Å². The molecule has 6 nitrogen and oxygen atoms in total. The number of carbonyl (C=O) groups excluding carboxylic acids is 1. The lowest BCUT2D eigenvalue weighted by molar-refractivity contribution is 0.0942. The predicted molar refractivity (Wildman–Crippen MR) is 107 cm³/mol. The van der Waals surface area contributed by atoms with Crippen LogP contribution in [0.1, 0.15) is 34.8 Å². The minimum absolute atomic E-state index is 0.0757. The van der Waals surface area contributed by atoms with Gasteiger partial charge in [0.15, 0.2) is 0 Å². The van der Waals surface area contributed by atoms with Crippen LogP contribution in [0.5, 0.6) is 5.75 Å². The molecular weight excluding hydrogens is 340 g/mol. The van der Waals surface area contributed by atoms with Crippen LogP contribution < -0.4 is 15.0 Å². The average Bonchev–Trinajstić information content (AvgIpc) is 3.23. The number of ether oxygens (including phenoxy) is 1. The third-order valence-corrected chi connectivity index (χ3v) is 5.02. The first-order valence-electron chi connectivity index (χ1n) is 9.38. The Morgan fingerprint density at radius 2 is 1.93 bits per heavy atom. The maximum Gasteiger partial charge on any atom is 0.255 e. The van der Waals surface area contributed by atoms with E-state index in [0.29, 0.717) is 12.1 Å². The number of hydrogen-bond donors (Lipinski definition) is 1. The molecule has 1 aliphatic heterocycles. The van der Waals surface area contributed by atoms with Crippen LogP contribution in [-0.2, 0) is 0 Å². The Hall–Kier alpha value is -2.60. The molecule has 1 unspecified atom stereocenters. The molecule has 1 aliphatic rings. The monoisotopic (exact) mass is 368 g/mol. The van der Waals surface area contributed by atoms with Gasteiger partial charge in [-0.2, -0.15) is 0 Å². The minimum Gasteiger partial charge on any atom is -0.497 e. The van der Waals surface area contributed by atoms with Crippen LogP contribution in [-0.4, -0.2) is 56.6 Å². The van der Waals surface area contributed by atoms with E-state index < -0.39 is 0 Å². The highest BCUT2D eigenvalue weighted by Crippen LogP contribution is 2.23. The minimum atomic E-state index is -0.0784. The number of methoxy groups -OCH3 is 1. The number of pyridine rings is 1. The Kier molecular flexibility index (Phi) is 6.29. The highest BCUT2D eigenvalue weighted by molar-refractivity contribution is 5.98. The second-order valence-electron chi connectivity index (χ2n) is 7.03. The molecule has 0 spiro atoms. The summed E-state index contributed by atoms with van der Waals surface area (Å²) in [7, 11) is 5.69. The molecule has 144 valence electrons. The van der Waals surface area contributed by atoms with Crippen LogP contribution in [0.4, 0.5) is 5.82 Å². The van der Waals surface area contributed by atoms with Crippen LogP contribution in [0, 0.1) is 0 Å². The van der Waals surface area contributed by atoms with Crippen LogP contribution in [0.15, 0.2) is 42.6 Å². The molecule has 0 saturated carbocycles. The average molecular weight is 368 g/mol. The lowest BCUT2D eigenvalue weighted by Crippen LogP contribution is -2.35. The summed E-state index contributed by atoms with van der Waals surface area (Å²) >= 11 is 0. The quantitative estimate of drug-likeness (QED) is 0.814. The number of nitrogens with zero attached hydrogens (tertiary/aromatic N) is 3. The molecular formula is C21H28N4O2. The summed E-state index contributed by atoms with van der Waals surface area (Å²) in [6.07, 6.45) is 4.06. The van der Waals surface area contributed by atoms with Crippen molar-refractivity contribution in [3.63, 3.8) is 0 Å². The molecule has 1 amide bonds. The second-order valence-corrected chi connectivity index (χ2v) is 7.03. The third-order valence-electron chi connectivity index (χ3n) is 5.02. The Bertz CT molecular complexity index is 755. The number of hydrogen-bond acceptors (Lipinski definition) is 5. The molecule has 0 radical (unpaired) electrons. The van der Waals surface area contributed by atoms with Gasteiger partial charge in [0.25, 0.3) is 5.91 Å². The van der Waals surface area contributed by atoms with Crippen molar-refractivity contribution in [3.05, 3.63) is 53.7 Å². The number of benzene rings is 1. The molecule has 27 heavy (non-hydrogen) atoms. The fraction of sp³-hybridized carbons (Fsp3) is 0.429. The summed E-state index contributed by atoms with van der Waals surface area (Å²) in [6.45, 7) is 2.44. The Balaban J connectivity index is 1.71. The summed E-state index contributed by atoms with van der Waals surface area (Å²) in [5.41, 5.74) is 1.78. The Labute approximate surface area is 161 Å². The maximum atomic E-state index is 12.9. The normalized spacial score (nSPS) is 15.0. The van der Waals surface area contributed by atoms with E-state index in [1.807, 2.05) is 50.5 Å². The molecule has 1 aromatic carbocycles. The fourth-order valence-corrected chi connectivity index (χ4v) is 3.46. The van der Waals surface area contributed by atoms with E-state index in [1.165, 1.54) is 0 Å². The first-order valence-corrected chi connectivity index (χ1v) is 9.38. The first kappa shape index (κ1) is 19.2. The van der Waals surface area contributed by atoms with E-state index in [4.69, 9.17) is 4.74 Å². The van der Waals surface area contributed by atoms with Crippen molar-refractivity contribution >= 4 is 11.7 Å². The lowest BCUT2D eigenvalue weighted by Gasteiger charge is -2.26. The topological polar surface area (TPSA) is 57.7 Å². The van der Waals surface area contributed by atoms with Gasteiger partial charge >= 0.3 is 0 Å². The Morgan fingerprint density at radius 1 is 1.22 bits per heavy atom. The number of amides is 1. The first-order chi connectivity index (χ1) is 13.1. The standard InChI is InChI=1S/C21H28N4O2/c1-24(2)19(16-8-10-17(27-3)11-9-16)15-23-21(26)18-7-6-12-22-20(18)25-13-4-5-14-25/h6-12,19H,4-5,13-15H2,1-3H3,(H,23,26). The number of carbonyl (C=O) groups is 1. The highest BCUT2D eigenvalue weighted by Gasteiger charge is 2.22. The number of rotatable bonds is 7. The molecule has 1 N–H and O–H groups in total. The van der Waals surface area contributed by atoms with Gasteiger partial charge in [0, 0.05) is 25.8 Å². The highest BCUT2D eigenvalue weighted by atomic mass is 16.5. The van der Waals surface area contributed by atoms with Gasteiger partial charge in [-0.05, 0) is 56.8 Å². The zero-order chi connectivity index (χ0) is 19.2. The summed E-state index contributed by atoms with van der Waals surface area (Å²) < 4.78 is 5.23. The van der Waals surface area contributed by atoms with Crippen molar-refractivity contribution in [2.45, 2.75) is 18.9 Å². The molecule has 6 heteroatoms.